The molecule has 1 fully saturated rings. The molecule has 0 bridgehead atoms. The number of pyridine rings is 2. The van der Waals surface area contributed by atoms with Crippen LogP contribution >= 0.6 is 11.6 Å². The van der Waals surface area contributed by atoms with E-state index < -0.39 is 11.6 Å². The molecule has 218 valence electrons. The Morgan fingerprint density at radius 3 is 2.67 bits per heavy atom. The van der Waals surface area contributed by atoms with Gasteiger partial charge in [-0.3, -0.25) is 18.9 Å². The second kappa shape index (κ2) is 13.3. The van der Waals surface area contributed by atoms with Crippen molar-refractivity contribution in [2.75, 3.05) is 47.1 Å². The number of rotatable bonds is 11. The van der Waals surface area contributed by atoms with Crippen molar-refractivity contribution in [3.8, 4) is 22.9 Å². The molecule has 3 aromatic heterocycles. The SMILES string of the molecule is COCCC(C(=O)Cc1ccc2nnc(CN3CCOCC3)n2c1)n1cc(OC)c(-c2cc(Cl)ccc2C#N)cc1=O. The van der Waals surface area contributed by atoms with Crippen LogP contribution in [0, 0.1) is 11.3 Å². The lowest BCUT2D eigenvalue weighted by Crippen LogP contribution is -2.36. The van der Waals surface area contributed by atoms with Gasteiger partial charge in [-0.2, -0.15) is 5.26 Å². The predicted molar refractivity (Wildman–Crippen MR) is 156 cm³/mol. The van der Waals surface area contributed by atoms with E-state index in [0.717, 1.165) is 24.5 Å². The maximum atomic E-state index is 13.8. The molecule has 0 amide bonds. The minimum absolute atomic E-state index is 0.0862. The smallest absolute Gasteiger partial charge is 0.252 e. The standard InChI is InChI=1S/C30H31ClN6O5/c1-40-10-7-25(36-18-27(41-2)24(15-30(36)39)23-14-22(31)5-4-21(23)16-32)26(38)13-20-3-6-28-33-34-29(37(28)17-20)19-35-8-11-42-12-9-35/h3-6,14-15,17-18,25H,7-13,19H2,1-2H3. The van der Waals surface area contributed by atoms with Crippen LogP contribution in [0.1, 0.15) is 29.4 Å². The number of benzene rings is 1. The van der Waals surface area contributed by atoms with Crippen LogP contribution in [0.15, 0.2) is 53.6 Å². The van der Waals surface area contributed by atoms with Gasteiger partial charge in [0.1, 0.15) is 5.75 Å². The third-order valence-electron chi connectivity index (χ3n) is 7.34. The highest BCUT2D eigenvalue weighted by atomic mass is 35.5. The fourth-order valence-corrected chi connectivity index (χ4v) is 5.31. The first-order chi connectivity index (χ1) is 20.4. The van der Waals surface area contributed by atoms with Crippen LogP contribution in [-0.2, 0) is 27.2 Å². The van der Waals surface area contributed by atoms with Crippen molar-refractivity contribution < 1.29 is 19.0 Å². The molecule has 11 nitrogen and oxygen atoms in total. The fourth-order valence-electron chi connectivity index (χ4n) is 5.14. The van der Waals surface area contributed by atoms with Crippen LogP contribution in [0.5, 0.6) is 5.75 Å². The van der Waals surface area contributed by atoms with Gasteiger partial charge >= 0.3 is 0 Å². The average molecular weight is 591 g/mol. The second-order valence-corrected chi connectivity index (χ2v) is 10.4. The Balaban J connectivity index is 1.45. The summed E-state index contributed by atoms with van der Waals surface area (Å²) in [6, 6.07) is 11.2. The summed E-state index contributed by atoms with van der Waals surface area (Å²) < 4.78 is 19.6. The Kier molecular flexibility index (Phi) is 9.29. The molecule has 1 saturated heterocycles. The molecule has 1 aliphatic rings. The van der Waals surface area contributed by atoms with Gasteiger partial charge in [-0.25, -0.2) is 0 Å². The van der Waals surface area contributed by atoms with Gasteiger partial charge in [-0.1, -0.05) is 17.7 Å². The van der Waals surface area contributed by atoms with Gasteiger partial charge in [0.05, 0.1) is 50.7 Å². The topological polar surface area (TPSA) is 124 Å². The van der Waals surface area contributed by atoms with Crippen molar-refractivity contribution in [3.05, 3.63) is 81.1 Å². The number of hydrogen-bond acceptors (Lipinski definition) is 9. The number of halogens is 1. The Bertz CT molecular complexity index is 1690. The Morgan fingerprint density at radius 1 is 1.12 bits per heavy atom. The molecule has 1 unspecified atom stereocenters. The summed E-state index contributed by atoms with van der Waals surface area (Å²) in [4.78, 5) is 29.5. The lowest BCUT2D eigenvalue weighted by molar-refractivity contribution is -0.122. The molecule has 0 saturated carbocycles. The van der Waals surface area contributed by atoms with Gasteiger partial charge in [0.2, 0.25) is 0 Å². The van der Waals surface area contributed by atoms with Gasteiger partial charge in [0.15, 0.2) is 17.3 Å². The minimum atomic E-state index is -0.806. The molecule has 1 atom stereocenters. The summed E-state index contributed by atoms with van der Waals surface area (Å²) in [5.74, 6) is 0.959. The zero-order valence-electron chi connectivity index (χ0n) is 23.5. The third-order valence-corrected chi connectivity index (χ3v) is 7.58. The number of ether oxygens (including phenoxy) is 3. The van der Waals surface area contributed by atoms with Crippen molar-refractivity contribution in [2.24, 2.45) is 0 Å². The van der Waals surface area contributed by atoms with Crippen LogP contribution in [-0.4, -0.2) is 77.0 Å². The summed E-state index contributed by atoms with van der Waals surface area (Å²) in [5.41, 5.74) is 2.29. The number of nitrogens with zero attached hydrogens (tertiary/aromatic N) is 6. The van der Waals surface area contributed by atoms with E-state index >= 15 is 0 Å². The summed E-state index contributed by atoms with van der Waals surface area (Å²) in [6.07, 6.45) is 3.77. The van der Waals surface area contributed by atoms with E-state index in [1.807, 2.05) is 22.7 Å². The Hall–Kier alpha value is -4.08. The van der Waals surface area contributed by atoms with Crippen molar-refractivity contribution in [2.45, 2.75) is 25.4 Å². The number of nitriles is 1. The number of aromatic nitrogens is 4. The highest BCUT2D eigenvalue weighted by Gasteiger charge is 2.25. The molecule has 4 heterocycles. The van der Waals surface area contributed by atoms with Crippen molar-refractivity contribution in [3.63, 3.8) is 0 Å². The van der Waals surface area contributed by atoms with Gasteiger partial charge in [0, 0.05) is 61.6 Å². The minimum Gasteiger partial charge on any atom is -0.495 e. The molecule has 1 aliphatic heterocycles. The summed E-state index contributed by atoms with van der Waals surface area (Å²) in [5, 5.41) is 18.7. The zero-order valence-corrected chi connectivity index (χ0v) is 24.2. The molecule has 0 aliphatic carbocycles. The number of ketones is 1. The highest BCUT2D eigenvalue weighted by molar-refractivity contribution is 6.31. The first kappa shape index (κ1) is 29.4. The van der Waals surface area contributed by atoms with Crippen LogP contribution in [0.3, 0.4) is 0 Å². The van der Waals surface area contributed by atoms with Crippen molar-refractivity contribution in [1.29, 1.82) is 5.26 Å². The van der Waals surface area contributed by atoms with Crippen molar-refractivity contribution >= 4 is 23.0 Å². The molecular weight excluding hydrogens is 560 g/mol. The lowest BCUT2D eigenvalue weighted by Gasteiger charge is -2.25. The van der Waals surface area contributed by atoms with E-state index in [-0.39, 0.29) is 25.2 Å². The summed E-state index contributed by atoms with van der Waals surface area (Å²) in [7, 11) is 3.02. The molecule has 4 aromatic rings. The number of Topliss-reactive ketones (excluding diaryl/α,β-unsaturated/α-hetero) is 1. The van der Waals surface area contributed by atoms with Gasteiger partial charge < -0.3 is 18.8 Å². The largest absolute Gasteiger partial charge is 0.495 e. The zero-order chi connectivity index (χ0) is 29.6. The summed E-state index contributed by atoms with van der Waals surface area (Å²) >= 11 is 6.20. The fraction of sp³-hybridized carbons (Fsp3) is 0.367. The number of methoxy groups -OCH3 is 2. The van der Waals surface area contributed by atoms with Gasteiger partial charge in [0.25, 0.3) is 5.56 Å². The van der Waals surface area contributed by atoms with Crippen molar-refractivity contribution in [1.82, 2.24) is 24.1 Å². The molecule has 5 rings (SSSR count). The van der Waals surface area contributed by atoms with E-state index in [4.69, 9.17) is 25.8 Å². The van der Waals surface area contributed by atoms with Crippen LogP contribution in [0.2, 0.25) is 5.02 Å². The average Bonchev–Trinajstić information content (AvgIpc) is 3.40. The maximum absolute atomic E-state index is 13.8. The quantitative estimate of drug-likeness (QED) is 0.259. The van der Waals surface area contributed by atoms with Gasteiger partial charge in [-0.15, -0.1) is 10.2 Å². The molecule has 0 radical (unpaired) electrons. The molecular formula is C30H31ClN6O5. The number of hydrogen-bond donors (Lipinski definition) is 0. The Labute approximate surface area is 247 Å². The first-order valence-corrected chi connectivity index (χ1v) is 13.9. The lowest BCUT2D eigenvalue weighted by atomic mass is 9.99. The van der Waals surface area contributed by atoms with Gasteiger partial charge in [-0.05, 0) is 36.2 Å². The normalized spacial score (nSPS) is 14.5. The number of carbonyl (C=O) groups excluding carboxylic acids is 1. The molecule has 0 N–H and O–H groups in total. The molecule has 0 spiro atoms. The van der Waals surface area contributed by atoms with Crippen LogP contribution in [0.4, 0.5) is 0 Å². The monoisotopic (exact) mass is 590 g/mol. The van der Waals surface area contributed by atoms with Crippen LogP contribution in [0.25, 0.3) is 16.8 Å². The highest BCUT2D eigenvalue weighted by Crippen LogP contribution is 2.33. The second-order valence-electron chi connectivity index (χ2n) is 10.0. The molecule has 1 aromatic carbocycles. The first-order valence-electron chi connectivity index (χ1n) is 13.6. The maximum Gasteiger partial charge on any atom is 0.252 e. The summed E-state index contributed by atoms with van der Waals surface area (Å²) in [6.45, 7) is 3.90. The molecule has 42 heavy (non-hydrogen) atoms. The number of morpholine rings is 1. The number of carbonyl (C=O) groups is 1. The van der Waals surface area contributed by atoms with E-state index in [9.17, 15) is 14.9 Å². The third kappa shape index (κ3) is 6.37. The predicted octanol–water partition coefficient (Wildman–Crippen LogP) is 3.31. The Morgan fingerprint density at radius 2 is 1.93 bits per heavy atom. The number of fused-ring (bicyclic) bond motifs is 1. The van der Waals surface area contributed by atoms with E-state index in [1.165, 1.54) is 23.9 Å². The van der Waals surface area contributed by atoms with E-state index in [1.54, 1.807) is 25.3 Å². The van der Waals surface area contributed by atoms with E-state index in [2.05, 4.69) is 21.2 Å². The van der Waals surface area contributed by atoms with E-state index in [0.29, 0.717) is 52.9 Å². The van der Waals surface area contributed by atoms with Crippen LogP contribution < -0.4 is 10.3 Å². The molecule has 12 heteroatoms.